The summed E-state index contributed by atoms with van der Waals surface area (Å²) in [5, 5.41) is 3.44. The average molecular weight is 447 g/mol. The van der Waals surface area contributed by atoms with E-state index in [2.05, 4.69) is 20.2 Å². The Morgan fingerprint density at radius 3 is 2.58 bits per heavy atom. The Bertz CT molecular complexity index is 948. The van der Waals surface area contributed by atoms with Gasteiger partial charge in [-0.15, -0.1) is 12.4 Å². The van der Waals surface area contributed by atoms with Crippen LogP contribution in [0.25, 0.3) is 0 Å². The second-order valence-electron chi connectivity index (χ2n) is 6.79. The van der Waals surface area contributed by atoms with Crippen molar-refractivity contribution in [2.24, 2.45) is 15.7 Å². The maximum atomic E-state index is 6.12. The average Bonchev–Trinajstić information content (AvgIpc) is 2.79. The van der Waals surface area contributed by atoms with Gasteiger partial charge in [0.25, 0.3) is 0 Å². The zero-order valence-electron chi connectivity index (χ0n) is 17.5. The number of nitrogens with one attached hydrogen (secondary N) is 1. The number of anilines is 2. The Morgan fingerprint density at radius 1 is 1.06 bits per heavy atom. The Hall–Kier alpha value is -3.17. The van der Waals surface area contributed by atoms with E-state index in [4.69, 9.17) is 19.9 Å². The molecule has 2 heterocycles. The molecule has 9 nitrogen and oxygen atoms in total. The fourth-order valence-corrected chi connectivity index (χ4v) is 3.48. The second kappa shape index (κ2) is 10.2. The smallest absolute Gasteiger partial charge is 0.222 e. The molecule has 0 aliphatic carbocycles. The van der Waals surface area contributed by atoms with Crippen molar-refractivity contribution in [3.05, 3.63) is 48.5 Å². The Kier molecular flexibility index (Phi) is 7.43. The van der Waals surface area contributed by atoms with Crippen molar-refractivity contribution in [2.45, 2.75) is 6.29 Å². The van der Waals surface area contributed by atoms with Crippen molar-refractivity contribution in [1.82, 2.24) is 4.90 Å². The van der Waals surface area contributed by atoms with Crippen LogP contribution in [-0.4, -0.2) is 63.6 Å². The first-order chi connectivity index (χ1) is 14.7. The van der Waals surface area contributed by atoms with Gasteiger partial charge in [0.2, 0.25) is 18.2 Å². The number of morpholine rings is 1. The summed E-state index contributed by atoms with van der Waals surface area (Å²) < 4.78 is 16.5. The maximum absolute atomic E-state index is 6.12. The number of methoxy groups -OCH3 is 2. The molecule has 0 bridgehead atoms. The zero-order chi connectivity index (χ0) is 20.9. The van der Waals surface area contributed by atoms with Crippen LogP contribution in [0, 0.1) is 0 Å². The van der Waals surface area contributed by atoms with Gasteiger partial charge in [-0.25, -0.2) is 4.99 Å². The number of benzene rings is 2. The van der Waals surface area contributed by atoms with Crippen LogP contribution in [-0.2, 0) is 4.74 Å². The Balaban J connectivity index is 0.00000272. The first-order valence-corrected chi connectivity index (χ1v) is 9.77. The van der Waals surface area contributed by atoms with Crippen molar-refractivity contribution < 1.29 is 14.2 Å². The first-order valence-electron chi connectivity index (χ1n) is 9.77. The highest BCUT2D eigenvalue weighted by Gasteiger charge is 2.32. The summed E-state index contributed by atoms with van der Waals surface area (Å²) in [6, 6.07) is 15.5. The molecule has 0 aromatic heterocycles. The number of guanidine groups is 2. The predicted molar refractivity (Wildman–Crippen MR) is 125 cm³/mol. The lowest BCUT2D eigenvalue weighted by molar-refractivity contribution is 0.0671. The fraction of sp³-hybridized carbons (Fsp3) is 0.333. The van der Waals surface area contributed by atoms with Crippen molar-refractivity contribution in [1.29, 1.82) is 0 Å². The summed E-state index contributed by atoms with van der Waals surface area (Å²) in [7, 11) is 3.28. The van der Waals surface area contributed by atoms with Crippen LogP contribution in [0.15, 0.2) is 58.5 Å². The number of ether oxygens (including phenoxy) is 3. The van der Waals surface area contributed by atoms with Gasteiger partial charge in [-0.2, -0.15) is 4.99 Å². The summed E-state index contributed by atoms with van der Waals surface area (Å²) in [6.07, 6.45) is -0.524. The second-order valence-corrected chi connectivity index (χ2v) is 6.79. The van der Waals surface area contributed by atoms with Gasteiger partial charge >= 0.3 is 0 Å². The van der Waals surface area contributed by atoms with Crippen LogP contribution < -0.4 is 25.4 Å². The molecular weight excluding hydrogens is 420 g/mol. The molecule has 1 fully saturated rings. The summed E-state index contributed by atoms with van der Waals surface area (Å²) in [6.45, 7) is 2.70. The minimum Gasteiger partial charge on any atom is -0.497 e. The number of nitrogens with two attached hydrogens (primary N) is 1. The normalized spacial score (nSPS) is 18.5. The van der Waals surface area contributed by atoms with E-state index in [0.717, 1.165) is 17.1 Å². The third-order valence-corrected chi connectivity index (χ3v) is 4.95. The molecular formula is C21H27ClN6O3. The van der Waals surface area contributed by atoms with Gasteiger partial charge in [0.05, 0.1) is 38.8 Å². The number of aliphatic imine (C=N–C) groups is 2. The summed E-state index contributed by atoms with van der Waals surface area (Å²) in [5.41, 5.74) is 7.81. The van der Waals surface area contributed by atoms with Crippen LogP contribution in [0.1, 0.15) is 0 Å². The van der Waals surface area contributed by atoms with Crippen molar-refractivity contribution in [2.75, 3.05) is 50.7 Å². The first kappa shape index (κ1) is 22.5. The van der Waals surface area contributed by atoms with Crippen LogP contribution in [0.2, 0.25) is 0 Å². The van der Waals surface area contributed by atoms with Crippen LogP contribution >= 0.6 is 12.4 Å². The molecule has 166 valence electrons. The molecule has 10 heteroatoms. The summed E-state index contributed by atoms with van der Waals surface area (Å²) >= 11 is 0. The molecule has 3 N–H and O–H groups in total. The quantitative estimate of drug-likeness (QED) is 0.727. The lowest BCUT2D eigenvalue weighted by Gasteiger charge is -2.41. The molecule has 1 unspecified atom stereocenters. The van der Waals surface area contributed by atoms with Gasteiger partial charge in [-0.05, 0) is 24.3 Å². The maximum Gasteiger partial charge on any atom is 0.222 e. The fourth-order valence-electron chi connectivity index (χ4n) is 3.48. The molecule has 31 heavy (non-hydrogen) atoms. The highest BCUT2D eigenvalue weighted by atomic mass is 35.5. The van der Waals surface area contributed by atoms with Crippen molar-refractivity contribution >= 4 is 35.7 Å². The molecule has 2 aromatic rings. The highest BCUT2D eigenvalue weighted by Crippen LogP contribution is 2.30. The van der Waals surface area contributed by atoms with E-state index < -0.39 is 6.29 Å². The van der Waals surface area contributed by atoms with Gasteiger partial charge in [-0.1, -0.05) is 18.2 Å². The molecule has 0 spiro atoms. The molecule has 0 saturated carbocycles. The number of nitrogens with zero attached hydrogens (tertiary/aromatic N) is 4. The van der Waals surface area contributed by atoms with Crippen LogP contribution in [0.5, 0.6) is 11.5 Å². The van der Waals surface area contributed by atoms with Crippen LogP contribution in [0.3, 0.4) is 0 Å². The van der Waals surface area contributed by atoms with E-state index in [9.17, 15) is 0 Å². The van der Waals surface area contributed by atoms with E-state index in [0.29, 0.717) is 38.0 Å². The minimum absolute atomic E-state index is 0. The molecule has 0 radical (unpaired) electrons. The molecule has 4 rings (SSSR count). The monoisotopic (exact) mass is 446 g/mol. The largest absolute Gasteiger partial charge is 0.497 e. The number of rotatable bonds is 5. The van der Waals surface area contributed by atoms with Crippen molar-refractivity contribution in [3.63, 3.8) is 0 Å². The van der Waals surface area contributed by atoms with E-state index in [1.54, 1.807) is 14.2 Å². The summed E-state index contributed by atoms with van der Waals surface area (Å²) in [4.78, 5) is 13.3. The number of hydrogen-bond acceptors (Lipinski definition) is 9. The Labute approximate surface area is 187 Å². The topological polar surface area (TPSA) is 96.9 Å². The standard InChI is InChI=1S/C21H26N6O3.ClH/c1-28-16-7-5-6-15(14-16)27-20(23-17-8-3-4-9-18(17)29-2)24-19(22)25-21(27)26-10-12-30-13-11-26;/h3-9,14,20,23H,10-13H2,1-2H3,(H2,22,24);1H. The molecule has 2 aliphatic rings. The minimum atomic E-state index is -0.524. The van der Waals surface area contributed by atoms with E-state index in [1.807, 2.05) is 53.4 Å². The van der Waals surface area contributed by atoms with E-state index in [1.165, 1.54) is 0 Å². The molecule has 1 atom stereocenters. The van der Waals surface area contributed by atoms with Gasteiger partial charge in [0.15, 0.2) is 0 Å². The lowest BCUT2D eigenvalue weighted by Crippen LogP contribution is -2.57. The number of halogens is 1. The Morgan fingerprint density at radius 2 is 1.84 bits per heavy atom. The lowest BCUT2D eigenvalue weighted by atomic mass is 10.2. The van der Waals surface area contributed by atoms with E-state index in [-0.39, 0.29) is 18.4 Å². The van der Waals surface area contributed by atoms with Crippen molar-refractivity contribution in [3.8, 4) is 11.5 Å². The van der Waals surface area contributed by atoms with Crippen LogP contribution in [0.4, 0.5) is 11.4 Å². The summed E-state index contributed by atoms with van der Waals surface area (Å²) in [5.74, 6) is 2.38. The molecule has 2 aliphatic heterocycles. The number of para-hydroxylation sites is 2. The van der Waals surface area contributed by atoms with Gasteiger partial charge < -0.3 is 30.2 Å². The number of hydrogen-bond donors (Lipinski definition) is 2. The van der Waals surface area contributed by atoms with E-state index >= 15 is 0 Å². The SMILES string of the molecule is COc1cccc(N2C(N3CCOCC3)=NC(N)=NC2Nc2ccccc2OC)c1.Cl. The van der Waals surface area contributed by atoms with Gasteiger partial charge in [-0.3, -0.25) is 4.90 Å². The van der Waals surface area contributed by atoms with Gasteiger partial charge in [0.1, 0.15) is 11.5 Å². The third kappa shape index (κ3) is 4.95. The zero-order valence-corrected chi connectivity index (χ0v) is 18.3. The van der Waals surface area contributed by atoms with Gasteiger partial charge in [0, 0.05) is 19.2 Å². The molecule has 1 saturated heterocycles. The predicted octanol–water partition coefficient (Wildman–Crippen LogP) is 2.34. The molecule has 2 aromatic carbocycles. The third-order valence-electron chi connectivity index (χ3n) is 4.95. The highest BCUT2D eigenvalue weighted by molar-refractivity contribution is 6.06. The molecule has 0 amide bonds.